The molecule has 3 aromatic rings. The van der Waals surface area contributed by atoms with E-state index < -0.39 is 0 Å². The topological polar surface area (TPSA) is 54.9 Å². The number of carbonyl (C=O) groups excluding carboxylic acids is 1. The minimum absolute atomic E-state index is 0.0989. The van der Waals surface area contributed by atoms with Crippen LogP contribution < -0.4 is 5.32 Å². The van der Waals surface area contributed by atoms with Gasteiger partial charge < -0.3 is 5.32 Å². The van der Waals surface area contributed by atoms with Crippen LogP contribution in [0, 0.1) is 13.8 Å². The van der Waals surface area contributed by atoms with Gasteiger partial charge in [-0.1, -0.05) is 45.0 Å². The predicted molar refractivity (Wildman–Crippen MR) is 105 cm³/mol. The lowest BCUT2D eigenvalue weighted by Gasteiger charge is -2.19. The summed E-state index contributed by atoms with van der Waals surface area (Å²) in [5.74, 6) is -0.0989. The Balaban J connectivity index is 1.79. The summed E-state index contributed by atoms with van der Waals surface area (Å²) < 4.78 is 0. The summed E-state index contributed by atoms with van der Waals surface area (Å²) in [6.07, 6.45) is 1.72. The van der Waals surface area contributed by atoms with Gasteiger partial charge in [-0.3, -0.25) is 4.79 Å². The molecule has 2 aromatic heterocycles. The minimum atomic E-state index is -0.0989. The highest BCUT2D eigenvalue weighted by Crippen LogP contribution is 2.23. The van der Waals surface area contributed by atoms with Crippen LogP contribution in [0.5, 0.6) is 0 Å². The second-order valence-corrected chi connectivity index (χ2v) is 7.70. The minimum Gasteiger partial charge on any atom is -0.348 e. The summed E-state index contributed by atoms with van der Waals surface area (Å²) >= 11 is 0. The number of nitrogens with zero attached hydrogens (tertiary/aromatic N) is 2. The maximum atomic E-state index is 12.8. The van der Waals surface area contributed by atoms with Crippen LogP contribution in [-0.4, -0.2) is 15.9 Å². The quantitative estimate of drug-likeness (QED) is 0.760. The molecule has 0 unspecified atom stereocenters. The first-order valence-corrected chi connectivity index (χ1v) is 8.87. The van der Waals surface area contributed by atoms with Gasteiger partial charge in [-0.2, -0.15) is 0 Å². The molecule has 4 heteroatoms. The molecule has 3 rings (SSSR count). The smallest absolute Gasteiger partial charge is 0.253 e. The first kappa shape index (κ1) is 18.1. The van der Waals surface area contributed by atoms with Gasteiger partial charge in [0.25, 0.3) is 5.91 Å². The first-order chi connectivity index (χ1) is 12.3. The van der Waals surface area contributed by atoms with E-state index in [1.165, 1.54) is 5.56 Å². The third-order valence-corrected chi connectivity index (χ3v) is 4.70. The van der Waals surface area contributed by atoms with Gasteiger partial charge in [-0.05, 0) is 48.1 Å². The number of pyridine rings is 2. The number of hydrogen-bond donors (Lipinski definition) is 1. The van der Waals surface area contributed by atoms with Crippen molar-refractivity contribution < 1.29 is 4.79 Å². The number of amides is 1. The lowest BCUT2D eigenvalue weighted by Crippen LogP contribution is -2.25. The SMILES string of the molecule is Cc1nc2ncccc2c(C)c1C(=O)NCc1ccc(C(C)(C)C)cc1. The summed E-state index contributed by atoms with van der Waals surface area (Å²) in [5.41, 5.74) is 5.42. The molecule has 0 aliphatic carbocycles. The van der Waals surface area contributed by atoms with Crippen LogP contribution in [0.25, 0.3) is 11.0 Å². The average molecular weight is 347 g/mol. The molecule has 1 N–H and O–H groups in total. The molecule has 0 saturated carbocycles. The predicted octanol–water partition coefficient (Wildman–Crippen LogP) is 4.47. The zero-order valence-electron chi connectivity index (χ0n) is 16.1. The van der Waals surface area contributed by atoms with Crippen molar-refractivity contribution in [3.63, 3.8) is 0 Å². The highest BCUT2D eigenvalue weighted by Gasteiger charge is 2.17. The number of aromatic nitrogens is 2. The van der Waals surface area contributed by atoms with E-state index >= 15 is 0 Å². The molecular formula is C22H25N3O. The third-order valence-electron chi connectivity index (χ3n) is 4.70. The van der Waals surface area contributed by atoms with E-state index in [1.807, 2.05) is 26.0 Å². The van der Waals surface area contributed by atoms with E-state index in [4.69, 9.17) is 0 Å². The van der Waals surface area contributed by atoms with Gasteiger partial charge in [-0.25, -0.2) is 9.97 Å². The fraction of sp³-hybridized carbons (Fsp3) is 0.318. The molecule has 0 saturated heterocycles. The van der Waals surface area contributed by atoms with E-state index in [2.05, 4.69) is 60.3 Å². The monoisotopic (exact) mass is 347 g/mol. The van der Waals surface area contributed by atoms with Crippen molar-refractivity contribution in [1.29, 1.82) is 0 Å². The van der Waals surface area contributed by atoms with E-state index in [-0.39, 0.29) is 11.3 Å². The van der Waals surface area contributed by atoms with Crippen molar-refractivity contribution >= 4 is 16.9 Å². The van der Waals surface area contributed by atoms with E-state index in [0.717, 1.165) is 16.5 Å². The number of hydrogen-bond acceptors (Lipinski definition) is 3. The molecule has 134 valence electrons. The van der Waals surface area contributed by atoms with Crippen LogP contribution in [-0.2, 0) is 12.0 Å². The number of carbonyl (C=O) groups is 1. The summed E-state index contributed by atoms with van der Waals surface area (Å²) in [5, 5.41) is 3.94. The van der Waals surface area contributed by atoms with Gasteiger partial charge in [-0.15, -0.1) is 0 Å². The van der Waals surface area contributed by atoms with Crippen LogP contribution in [0.15, 0.2) is 42.6 Å². The zero-order chi connectivity index (χ0) is 18.9. The molecule has 1 amide bonds. The van der Waals surface area contributed by atoms with Gasteiger partial charge in [0, 0.05) is 18.1 Å². The summed E-state index contributed by atoms with van der Waals surface area (Å²) in [7, 11) is 0. The van der Waals surface area contributed by atoms with Crippen LogP contribution in [0.3, 0.4) is 0 Å². The molecule has 0 fully saturated rings. The fourth-order valence-corrected chi connectivity index (χ4v) is 3.13. The highest BCUT2D eigenvalue weighted by molar-refractivity contribution is 6.00. The lowest BCUT2D eigenvalue weighted by molar-refractivity contribution is 0.0949. The molecule has 0 atom stereocenters. The molecule has 0 bridgehead atoms. The third kappa shape index (κ3) is 3.59. The molecule has 0 radical (unpaired) electrons. The maximum absolute atomic E-state index is 12.8. The van der Waals surface area contributed by atoms with Crippen LogP contribution in [0.1, 0.15) is 53.5 Å². The van der Waals surface area contributed by atoms with Crippen LogP contribution in [0.2, 0.25) is 0 Å². The van der Waals surface area contributed by atoms with Crippen LogP contribution >= 0.6 is 0 Å². The Labute approximate surface area is 154 Å². The number of benzene rings is 1. The average Bonchev–Trinajstić information content (AvgIpc) is 2.59. The van der Waals surface area contributed by atoms with Gasteiger partial charge in [0.15, 0.2) is 5.65 Å². The fourth-order valence-electron chi connectivity index (χ4n) is 3.13. The Morgan fingerprint density at radius 3 is 2.42 bits per heavy atom. The first-order valence-electron chi connectivity index (χ1n) is 8.87. The summed E-state index contributed by atoms with van der Waals surface area (Å²) in [6, 6.07) is 12.2. The summed E-state index contributed by atoms with van der Waals surface area (Å²) in [6.45, 7) is 10.9. The molecular weight excluding hydrogens is 322 g/mol. The van der Waals surface area contributed by atoms with Crippen molar-refractivity contribution in [1.82, 2.24) is 15.3 Å². The van der Waals surface area contributed by atoms with Crippen molar-refractivity contribution in [2.75, 3.05) is 0 Å². The lowest BCUT2D eigenvalue weighted by atomic mass is 9.87. The largest absolute Gasteiger partial charge is 0.348 e. The van der Waals surface area contributed by atoms with Crippen molar-refractivity contribution in [3.05, 3.63) is 70.5 Å². The van der Waals surface area contributed by atoms with Crippen molar-refractivity contribution in [3.8, 4) is 0 Å². The van der Waals surface area contributed by atoms with Crippen LogP contribution in [0.4, 0.5) is 0 Å². The molecule has 26 heavy (non-hydrogen) atoms. The number of nitrogens with one attached hydrogen (secondary N) is 1. The van der Waals surface area contributed by atoms with Gasteiger partial charge >= 0.3 is 0 Å². The Kier molecular flexibility index (Phi) is 4.77. The number of fused-ring (bicyclic) bond motifs is 1. The molecule has 2 heterocycles. The maximum Gasteiger partial charge on any atom is 0.253 e. The summed E-state index contributed by atoms with van der Waals surface area (Å²) in [4.78, 5) is 21.5. The Hall–Kier alpha value is -2.75. The van der Waals surface area contributed by atoms with Crippen molar-refractivity contribution in [2.24, 2.45) is 0 Å². The number of rotatable bonds is 3. The van der Waals surface area contributed by atoms with Crippen molar-refractivity contribution in [2.45, 2.75) is 46.6 Å². The van der Waals surface area contributed by atoms with Gasteiger partial charge in [0.05, 0.1) is 11.3 Å². The van der Waals surface area contributed by atoms with E-state index in [9.17, 15) is 4.79 Å². The Bertz CT molecular complexity index is 954. The second-order valence-electron chi connectivity index (χ2n) is 7.70. The Morgan fingerprint density at radius 1 is 1.08 bits per heavy atom. The molecule has 0 aliphatic heterocycles. The van der Waals surface area contributed by atoms with Gasteiger partial charge in [0.2, 0.25) is 0 Å². The molecule has 0 aliphatic rings. The highest BCUT2D eigenvalue weighted by atomic mass is 16.1. The zero-order valence-corrected chi connectivity index (χ0v) is 16.1. The van der Waals surface area contributed by atoms with E-state index in [1.54, 1.807) is 6.20 Å². The van der Waals surface area contributed by atoms with E-state index in [0.29, 0.717) is 23.4 Å². The Morgan fingerprint density at radius 2 is 1.77 bits per heavy atom. The molecule has 1 aromatic carbocycles. The molecule has 0 spiro atoms. The molecule has 4 nitrogen and oxygen atoms in total. The van der Waals surface area contributed by atoms with Gasteiger partial charge in [0.1, 0.15) is 0 Å². The number of aryl methyl sites for hydroxylation is 2. The normalized spacial score (nSPS) is 11.6. The second kappa shape index (κ2) is 6.87. The standard InChI is InChI=1S/C22H25N3O/c1-14-18-7-6-12-23-20(18)25-15(2)19(14)21(26)24-13-16-8-10-17(11-9-16)22(3,4)5/h6-12H,13H2,1-5H3,(H,24,26).